The predicted molar refractivity (Wildman–Crippen MR) is 96.8 cm³/mol. The van der Waals surface area contributed by atoms with Crippen LogP contribution >= 0.6 is 11.3 Å². The molecule has 2 aromatic heterocycles. The van der Waals surface area contributed by atoms with Crippen LogP contribution < -0.4 is 5.56 Å². The summed E-state index contributed by atoms with van der Waals surface area (Å²) in [5, 5.41) is 11.7. The SMILES string of the molecule is O=c1c2sc3ccc([N+](=O)[O-])cc3c2nc2n1-c1ccccc1CC2. The molecule has 7 heteroatoms. The van der Waals surface area contributed by atoms with E-state index in [0.29, 0.717) is 27.8 Å². The molecule has 0 N–H and O–H groups in total. The first kappa shape index (κ1) is 14.3. The van der Waals surface area contributed by atoms with Gasteiger partial charge in [0.05, 0.1) is 16.1 Å². The van der Waals surface area contributed by atoms with Crippen molar-refractivity contribution in [2.75, 3.05) is 0 Å². The van der Waals surface area contributed by atoms with E-state index in [9.17, 15) is 14.9 Å². The molecule has 0 spiro atoms. The Balaban J connectivity index is 1.90. The van der Waals surface area contributed by atoms with Crippen molar-refractivity contribution in [3.63, 3.8) is 0 Å². The minimum Gasteiger partial charge on any atom is -0.267 e. The minimum atomic E-state index is -0.426. The van der Waals surface area contributed by atoms with E-state index in [1.165, 1.54) is 23.5 Å². The van der Waals surface area contributed by atoms with Gasteiger partial charge in [0.2, 0.25) is 0 Å². The monoisotopic (exact) mass is 349 g/mol. The van der Waals surface area contributed by atoms with Crippen LogP contribution in [0.3, 0.4) is 0 Å². The van der Waals surface area contributed by atoms with Gasteiger partial charge in [-0.05, 0) is 24.1 Å². The molecule has 0 fully saturated rings. The molecule has 122 valence electrons. The highest BCUT2D eigenvalue weighted by molar-refractivity contribution is 7.25. The van der Waals surface area contributed by atoms with Gasteiger partial charge in [0.1, 0.15) is 10.5 Å². The maximum atomic E-state index is 13.1. The van der Waals surface area contributed by atoms with Gasteiger partial charge in [0, 0.05) is 28.6 Å². The Morgan fingerprint density at radius 3 is 2.84 bits per heavy atom. The number of hydrogen-bond acceptors (Lipinski definition) is 5. The summed E-state index contributed by atoms with van der Waals surface area (Å²) in [5.74, 6) is 0.711. The zero-order valence-electron chi connectivity index (χ0n) is 12.9. The van der Waals surface area contributed by atoms with Crippen LogP contribution in [0.1, 0.15) is 11.4 Å². The lowest BCUT2D eigenvalue weighted by Crippen LogP contribution is -2.27. The minimum absolute atomic E-state index is 0.0113. The van der Waals surface area contributed by atoms with Gasteiger partial charge in [-0.1, -0.05) is 18.2 Å². The molecular weight excluding hydrogens is 338 g/mol. The molecule has 0 atom stereocenters. The third-order valence-electron chi connectivity index (χ3n) is 4.60. The van der Waals surface area contributed by atoms with E-state index in [-0.39, 0.29) is 11.2 Å². The van der Waals surface area contributed by atoms with Crippen molar-refractivity contribution >= 4 is 37.3 Å². The first-order chi connectivity index (χ1) is 12.1. The molecule has 0 saturated heterocycles. The third kappa shape index (κ3) is 1.96. The van der Waals surface area contributed by atoms with E-state index in [2.05, 4.69) is 0 Å². The molecule has 0 saturated carbocycles. The summed E-state index contributed by atoms with van der Waals surface area (Å²) in [4.78, 5) is 28.5. The number of nitrogens with zero attached hydrogens (tertiary/aromatic N) is 3. The van der Waals surface area contributed by atoms with Gasteiger partial charge in [-0.3, -0.25) is 19.5 Å². The number of nitro benzene ring substituents is 1. The Kier molecular flexibility index (Phi) is 2.84. The summed E-state index contributed by atoms with van der Waals surface area (Å²) in [6, 6.07) is 12.5. The molecule has 0 radical (unpaired) electrons. The number of hydrogen-bond donors (Lipinski definition) is 0. The number of non-ortho nitro benzene ring substituents is 1. The molecule has 0 aliphatic carbocycles. The molecule has 6 nitrogen and oxygen atoms in total. The zero-order valence-corrected chi connectivity index (χ0v) is 13.7. The highest BCUT2D eigenvalue weighted by Gasteiger charge is 2.22. The molecule has 0 unspecified atom stereocenters. The summed E-state index contributed by atoms with van der Waals surface area (Å²) in [6.45, 7) is 0. The largest absolute Gasteiger partial charge is 0.276 e. The standard InChI is InChI=1S/C18H11N3O3S/c22-18-17-16(12-9-11(21(23)24)6-7-14(12)25-17)19-15-8-5-10-3-1-2-4-13(10)20(15)18/h1-4,6-7,9H,5,8H2. The summed E-state index contributed by atoms with van der Waals surface area (Å²) >= 11 is 1.34. The van der Waals surface area contributed by atoms with Crippen LogP contribution in [0.5, 0.6) is 0 Å². The van der Waals surface area contributed by atoms with Crippen molar-refractivity contribution < 1.29 is 4.92 Å². The number of aryl methyl sites for hydroxylation is 2. The second kappa shape index (κ2) is 4.97. The fourth-order valence-electron chi connectivity index (χ4n) is 3.44. The predicted octanol–water partition coefficient (Wildman–Crippen LogP) is 3.61. The van der Waals surface area contributed by atoms with Crippen LogP contribution in [0.25, 0.3) is 26.0 Å². The topological polar surface area (TPSA) is 78.0 Å². The highest BCUT2D eigenvalue weighted by Crippen LogP contribution is 2.34. The Morgan fingerprint density at radius 1 is 1.16 bits per heavy atom. The van der Waals surface area contributed by atoms with Crippen molar-refractivity contribution in [2.45, 2.75) is 12.8 Å². The Hall–Kier alpha value is -3.06. The first-order valence-corrected chi connectivity index (χ1v) is 8.66. The van der Waals surface area contributed by atoms with E-state index in [1.54, 1.807) is 10.6 Å². The van der Waals surface area contributed by atoms with Gasteiger partial charge in [-0.15, -0.1) is 11.3 Å². The maximum Gasteiger partial charge on any atom is 0.276 e. The zero-order chi connectivity index (χ0) is 17.1. The van der Waals surface area contributed by atoms with E-state index in [4.69, 9.17) is 4.98 Å². The maximum absolute atomic E-state index is 13.1. The van der Waals surface area contributed by atoms with E-state index < -0.39 is 4.92 Å². The summed E-state index contributed by atoms with van der Waals surface area (Å²) in [6.07, 6.45) is 1.50. The Morgan fingerprint density at radius 2 is 2.00 bits per heavy atom. The fourth-order valence-corrected chi connectivity index (χ4v) is 4.50. The number of aromatic nitrogens is 2. The van der Waals surface area contributed by atoms with Crippen molar-refractivity contribution in [3.8, 4) is 5.69 Å². The summed E-state index contributed by atoms with van der Waals surface area (Å²) in [7, 11) is 0. The van der Waals surface area contributed by atoms with Crippen molar-refractivity contribution in [1.82, 2.24) is 9.55 Å². The smallest absolute Gasteiger partial charge is 0.267 e. The van der Waals surface area contributed by atoms with Gasteiger partial charge in [0.15, 0.2) is 0 Å². The van der Waals surface area contributed by atoms with Gasteiger partial charge >= 0.3 is 0 Å². The van der Waals surface area contributed by atoms with Gasteiger partial charge in [-0.2, -0.15) is 0 Å². The second-order valence-corrected chi connectivity index (χ2v) is 7.07. The quantitative estimate of drug-likeness (QED) is 0.388. The highest BCUT2D eigenvalue weighted by atomic mass is 32.1. The molecule has 0 bridgehead atoms. The number of nitro groups is 1. The molecule has 4 aromatic rings. The lowest BCUT2D eigenvalue weighted by atomic mass is 10.0. The lowest BCUT2D eigenvalue weighted by Gasteiger charge is -2.20. The van der Waals surface area contributed by atoms with Crippen LogP contribution in [0, 0.1) is 10.1 Å². The van der Waals surface area contributed by atoms with Crippen molar-refractivity contribution in [1.29, 1.82) is 0 Å². The van der Waals surface area contributed by atoms with Crippen molar-refractivity contribution in [2.24, 2.45) is 0 Å². The molecule has 0 amide bonds. The average Bonchev–Trinajstić information content (AvgIpc) is 2.99. The molecule has 1 aliphatic rings. The molecule has 5 rings (SSSR count). The van der Waals surface area contributed by atoms with E-state index in [0.717, 1.165) is 22.4 Å². The first-order valence-electron chi connectivity index (χ1n) is 7.84. The normalized spacial score (nSPS) is 13.0. The van der Waals surface area contributed by atoms with Crippen molar-refractivity contribution in [3.05, 3.63) is 74.3 Å². The van der Waals surface area contributed by atoms with E-state index in [1.807, 2.05) is 24.3 Å². The molecule has 3 heterocycles. The summed E-state index contributed by atoms with van der Waals surface area (Å²) in [5.41, 5.74) is 2.49. The summed E-state index contributed by atoms with van der Waals surface area (Å²) < 4.78 is 3.06. The molecule has 1 aliphatic heterocycles. The molecule has 2 aromatic carbocycles. The van der Waals surface area contributed by atoms with Crippen LogP contribution in [0.15, 0.2) is 47.3 Å². The lowest BCUT2D eigenvalue weighted by molar-refractivity contribution is -0.384. The van der Waals surface area contributed by atoms with Crippen LogP contribution in [0.4, 0.5) is 5.69 Å². The van der Waals surface area contributed by atoms with E-state index >= 15 is 0 Å². The fraction of sp³-hybridized carbons (Fsp3) is 0.111. The number of rotatable bonds is 1. The number of fused-ring (bicyclic) bond motifs is 6. The molecular formula is C18H11N3O3S. The number of para-hydroxylation sites is 1. The van der Waals surface area contributed by atoms with Gasteiger partial charge in [-0.25, -0.2) is 4.98 Å². The van der Waals surface area contributed by atoms with Crippen LogP contribution in [-0.4, -0.2) is 14.5 Å². The molecule has 25 heavy (non-hydrogen) atoms. The van der Waals surface area contributed by atoms with Gasteiger partial charge in [0.25, 0.3) is 11.2 Å². The number of thiophene rings is 1. The average molecular weight is 349 g/mol. The van der Waals surface area contributed by atoms with Gasteiger partial charge < -0.3 is 0 Å². The number of benzene rings is 2. The van der Waals surface area contributed by atoms with Crippen LogP contribution in [-0.2, 0) is 12.8 Å². The Labute approximate surface area is 145 Å². The Bertz CT molecular complexity index is 1260. The van der Waals surface area contributed by atoms with Crippen LogP contribution in [0.2, 0.25) is 0 Å². The second-order valence-electron chi connectivity index (χ2n) is 6.01. The third-order valence-corrected chi connectivity index (χ3v) is 5.75.